The molecule has 78 valence electrons. The summed E-state index contributed by atoms with van der Waals surface area (Å²) in [4.78, 5) is 2.59. The lowest BCUT2D eigenvalue weighted by Gasteiger charge is -2.33. The standard InChI is InChI=1S/C11H24N2/c1-5-11(8(2)3)13-7-10(12)6-9(13)4/h8-11H,5-7,12H2,1-4H3/t9-,10-,11?/m1/s1. The quantitative estimate of drug-likeness (QED) is 0.725. The minimum Gasteiger partial charge on any atom is -0.326 e. The van der Waals surface area contributed by atoms with E-state index in [0.717, 1.165) is 18.5 Å². The summed E-state index contributed by atoms with van der Waals surface area (Å²) in [5, 5.41) is 0. The molecule has 0 aromatic rings. The molecular formula is C11H24N2. The monoisotopic (exact) mass is 184 g/mol. The fraction of sp³-hybridized carbons (Fsp3) is 1.00. The van der Waals surface area contributed by atoms with E-state index >= 15 is 0 Å². The molecule has 13 heavy (non-hydrogen) atoms. The Hall–Kier alpha value is -0.0800. The molecule has 2 N–H and O–H groups in total. The summed E-state index contributed by atoms with van der Waals surface area (Å²) < 4.78 is 0. The highest BCUT2D eigenvalue weighted by Gasteiger charge is 2.32. The van der Waals surface area contributed by atoms with Gasteiger partial charge in [0.2, 0.25) is 0 Å². The first kappa shape index (κ1) is 11.0. The average molecular weight is 184 g/mol. The molecule has 1 rings (SSSR count). The molecule has 0 bridgehead atoms. The Morgan fingerprint density at radius 2 is 2.08 bits per heavy atom. The van der Waals surface area contributed by atoms with Crippen LogP contribution in [0.1, 0.15) is 40.5 Å². The first-order valence-electron chi connectivity index (χ1n) is 5.57. The van der Waals surface area contributed by atoms with Gasteiger partial charge < -0.3 is 5.73 Å². The van der Waals surface area contributed by atoms with Crippen LogP contribution >= 0.6 is 0 Å². The molecule has 0 aliphatic carbocycles. The molecule has 1 saturated heterocycles. The second-order valence-electron chi connectivity index (χ2n) is 4.76. The summed E-state index contributed by atoms with van der Waals surface area (Å²) in [6.07, 6.45) is 2.41. The highest BCUT2D eigenvalue weighted by Crippen LogP contribution is 2.24. The minimum absolute atomic E-state index is 0.405. The highest BCUT2D eigenvalue weighted by molar-refractivity contribution is 4.89. The SMILES string of the molecule is CCC(C(C)C)N1C[C@H](N)C[C@H]1C. The Bertz CT molecular complexity index is 156. The summed E-state index contributed by atoms with van der Waals surface area (Å²) in [7, 11) is 0. The van der Waals surface area contributed by atoms with Crippen LogP contribution in [0.4, 0.5) is 0 Å². The van der Waals surface area contributed by atoms with Gasteiger partial charge >= 0.3 is 0 Å². The maximum Gasteiger partial charge on any atom is 0.0182 e. The molecule has 0 saturated carbocycles. The van der Waals surface area contributed by atoms with Crippen molar-refractivity contribution in [3.63, 3.8) is 0 Å². The van der Waals surface area contributed by atoms with E-state index in [-0.39, 0.29) is 0 Å². The Kier molecular flexibility index (Phi) is 3.74. The molecule has 0 spiro atoms. The van der Waals surface area contributed by atoms with Crippen LogP contribution in [0.25, 0.3) is 0 Å². The van der Waals surface area contributed by atoms with E-state index in [9.17, 15) is 0 Å². The predicted octanol–water partition coefficient (Wildman–Crippen LogP) is 1.84. The fourth-order valence-corrected chi connectivity index (χ4v) is 2.65. The molecule has 0 aromatic carbocycles. The number of likely N-dealkylation sites (tertiary alicyclic amines) is 1. The van der Waals surface area contributed by atoms with Gasteiger partial charge in [-0.15, -0.1) is 0 Å². The molecule has 1 heterocycles. The summed E-state index contributed by atoms with van der Waals surface area (Å²) in [5.74, 6) is 0.748. The van der Waals surface area contributed by atoms with Gasteiger partial charge in [0.25, 0.3) is 0 Å². The van der Waals surface area contributed by atoms with E-state index in [1.807, 2.05) is 0 Å². The van der Waals surface area contributed by atoms with Crippen molar-refractivity contribution in [2.75, 3.05) is 6.54 Å². The normalized spacial score (nSPS) is 32.8. The van der Waals surface area contributed by atoms with Gasteiger partial charge in [-0.1, -0.05) is 20.8 Å². The van der Waals surface area contributed by atoms with E-state index in [1.165, 1.54) is 12.8 Å². The van der Waals surface area contributed by atoms with Gasteiger partial charge in [0, 0.05) is 24.7 Å². The first-order chi connectivity index (χ1) is 6.06. The third-order valence-electron chi connectivity index (χ3n) is 3.27. The van der Waals surface area contributed by atoms with Crippen molar-refractivity contribution in [2.24, 2.45) is 11.7 Å². The zero-order valence-electron chi connectivity index (χ0n) is 9.46. The van der Waals surface area contributed by atoms with E-state index in [1.54, 1.807) is 0 Å². The maximum absolute atomic E-state index is 5.97. The van der Waals surface area contributed by atoms with Crippen molar-refractivity contribution in [1.82, 2.24) is 4.90 Å². The zero-order chi connectivity index (χ0) is 10.0. The average Bonchev–Trinajstić information content (AvgIpc) is 2.31. The first-order valence-corrected chi connectivity index (χ1v) is 5.57. The molecule has 2 heteroatoms. The maximum atomic E-state index is 5.97. The number of nitrogens with two attached hydrogens (primary N) is 1. The number of hydrogen-bond donors (Lipinski definition) is 1. The van der Waals surface area contributed by atoms with Crippen molar-refractivity contribution < 1.29 is 0 Å². The van der Waals surface area contributed by atoms with Crippen LogP contribution in [0.3, 0.4) is 0 Å². The van der Waals surface area contributed by atoms with Crippen LogP contribution in [-0.4, -0.2) is 29.6 Å². The van der Waals surface area contributed by atoms with Crippen LogP contribution in [0.2, 0.25) is 0 Å². The molecule has 2 nitrogen and oxygen atoms in total. The van der Waals surface area contributed by atoms with Crippen LogP contribution in [0.5, 0.6) is 0 Å². The molecule has 1 aliphatic heterocycles. The Morgan fingerprint density at radius 1 is 1.46 bits per heavy atom. The number of nitrogens with zero attached hydrogens (tertiary/aromatic N) is 1. The van der Waals surface area contributed by atoms with Crippen molar-refractivity contribution in [2.45, 2.75) is 58.7 Å². The van der Waals surface area contributed by atoms with E-state index in [4.69, 9.17) is 5.73 Å². The van der Waals surface area contributed by atoms with Crippen LogP contribution in [0, 0.1) is 5.92 Å². The second kappa shape index (κ2) is 4.43. The van der Waals surface area contributed by atoms with Crippen LogP contribution < -0.4 is 5.73 Å². The lowest BCUT2D eigenvalue weighted by molar-refractivity contribution is 0.143. The van der Waals surface area contributed by atoms with Gasteiger partial charge in [0.1, 0.15) is 0 Å². The summed E-state index contributed by atoms with van der Waals surface area (Å²) in [5.41, 5.74) is 5.97. The van der Waals surface area contributed by atoms with E-state index in [0.29, 0.717) is 12.1 Å². The summed E-state index contributed by atoms with van der Waals surface area (Å²) >= 11 is 0. The van der Waals surface area contributed by atoms with Gasteiger partial charge in [0.15, 0.2) is 0 Å². The Morgan fingerprint density at radius 3 is 2.38 bits per heavy atom. The third-order valence-corrected chi connectivity index (χ3v) is 3.27. The Balaban J connectivity index is 2.58. The largest absolute Gasteiger partial charge is 0.326 e. The molecule has 1 aliphatic rings. The van der Waals surface area contributed by atoms with Crippen molar-refractivity contribution >= 4 is 0 Å². The molecular weight excluding hydrogens is 160 g/mol. The molecule has 1 unspecified atom stereocenters. The van der Waals surface area contributed by atoms with Gasteiger partial charge in [0.05, 0.1) is 0 Å². The highest BCUT2D eigenvalue weighted by atomic mass is 15.2. The van der Waals surface area contributed by atoms with Gasteiger partial charge in [-0.2, -0.15) is 0 Å². The Labute approximate surface area is 82.5 Å². The third kappa shape index (κ3) is 2.44. The number of rotatable bonds is 3. The fourth-order valence-electron chi connectivity index (χ4n) is 2.65. The van der Waals surface area contributed by atoms with Crippen LogP contribution in [0.15, 0.2) is 0 Å². The van der Waals surface area contributed by atoms with Gasteiger partial charge in [-0.05, 0) is 25.7 Å². The van der Waals surface area contributed by atoms with E-state index < -0.39 is 0 Å². The zero-order valence-corrected chi connectivity index (χ0v) is 9.46. The van der Waals surface area contributed by atoms with E-state index in [2.05, 4.69) is 32.6 Å². The molecule has 0 amide bonds. The van der Waals surface area contributed by atoms with Crippen molar-refractivity contribution in [3.8, 4) is 0 Å². The minimum atomic E-state index is 0.405. The predicted molar refractivity (Wildman–Crippen MR) is 57.7 cm³/mol. The second-order valence-corrected chi connectivity index (χ2v) is 4.76. The van der Waals surface area contributed by atoms with Gasteiger partial charge in [-0.3, -0.25) is 4.90 Å². The van der Waals surface area contributed by atoms with Crippen molar-refractivity contribution in [1.29, 1.82) is 0 Å². The summed E-state index contributed by atoms with van der Waals surface area (Å²) in [6.45, 7) is 10.3. The smallest absolute Gasteiger partial charge is 0.0182 e. The molecule has 1 fully saturated rings. The van der Waals surface area contributed by atoms with Crippen molar-refractivity contribution in [3.05, 3.63) is 0 Å². The lowest BCUT2D eigenvalue weighted by Crippen LogP contribution is -2.41. The molecule has 0 aromatic heterocycles. The molecule has 3 atom stereocenters. The van der Waals surface area contributed by atoms with Crippen LogP contribution in [-0.2, 0) is 0 Å². The topological polar surface area (TPSA) is 29.3 Å². The van der Waals surface area contributed by atoms with Gasteiger partial charge in [-0.25, -0.2) is 0 Å². The molecule has 0 radical (unpaired) electrons. The summed E-state index contributed by atoms with van der Waals surface area (Å²) in [6, 6.07) is 1.81. The number of hydrogen-bond acceptors (Lipinski definition) is 2. The lowest BCUT2D eigenvalue weighted by atomic mass is 9.99.